The first-order valence-corrected chi connectivity index (χ1v) is 10.3. The van der Waals surface area contributed by atoms with Crippen LogP contribution in [-0.4, -0.2) is 48.0 Å². The first kappa shape index (κ1) is 18.8. The van der Waals surface area contributed by atoms with Gasteiger partial charge in [0, 0.05) is 31.7 Å². The Hall–Kier alpha value is -3.19. The van der Waals surface area contributed by atoms with Gasteiger partial charge in [-0.05, 0) is 48.2 Å². The number of ether oxygens (including phenoxy) is 1. The molecule has 0 aromatic heterocycles. The second kappa shape index (κ2) is 7.57. The van der Waals surface area contributed by atoms with Gasteiger partial charge in [-0.25, -0.2) is 9.69 Å². The van der Waals surface area contributed by atoms with Crippen LogP contribution in [0.2, 0.25) is 0 Å². The van der Waals surface area contributed by atoms with Crippen LogP contribution in [0, 0.1) is 0 Å². The van der Waals surface area contributed by atoms with Gasteiger partial charge in [0.1, 0.15) is 6.04 Å². The maximum atomic E-state index is 13.0. The van der Waals surface area contributed by atoms with Crippen molar-refractivity contribution in [1.82, 2.24) is 10.2 Å². The smallest absolute Gasteiger partial charge is 0.332 e. The molecule has 0 spiro atoms. The maximum Gasteiger partial charge on any atom is 0.332 e. The zero-order valence-corrected chi connectivity index (χ0v) is 16.5. The molecule has 7 heteroatoms. The van der Waals surface area contributed by atoms with Gasteiger partial charge in [0.2, 0.25) is 0 Å². The Kier molecular flexibility index (Phi) is 4.75. The number of hydrogen-bond acceptors (Lipinski definition) is 4. The van der Waals surface area contributed by atoms with Gasteiger partial charge in [-0.2, -0.15) is 0 Å². The molecule has 3 aliphatic heterocycles. The zero-order valence-electron chi connectivity index (χ0n) is 16.5. The van der Waals surface area contributed by atoms with E-state index in [1.165, 1.54) is 4.90 Å². The molecule has 0 aliphatic carbocycles. The summed E-state index contributed by atoms with van der Waals surface area (Å²) in [7, 11) is 0. The number of nitrogens with zero attached hydrogens (tertiary/aromatic N) is 2. The van der Waals surface area contributed by atoms with Crippen LogP contribution in [0.4, 0.5) is 10.5 Å². The Morgan fingerprint density at radius 3 is 2.57 bits per heavy atom. The fraction of sp³-hybridized carbons (Fsp3) is 0.348. The van der Waals surface area contributed by atoms with Crippen molar-refractivity contribution >= 4 is 23.5 Å². The van der Waals surface area contributed by atoms with Gasteiger partial charge in [-0.3, -0.25) is 9.59 Å². The largest absolute Gasteiger partial charge is 0.376 e. The molecule has 2 aromatic carbocycles. The predicted octanol–water partition coefficient (Wildman–Crippen LogP) is 2.49. The van der Waals surface area contributed by atoms with Crippen LogP contribution in [0.1, 0.15) is 34.3 Å². The minimum absolute atomic E-state index is 0.0783. The van der Waals surface area contributed by atoms with Crippen LogP contribution >= 0.6 is 0 Å². The van der Waals surface area contributed by atoms with Crippen molar-refractivity contribution in [3.8, 4) is 0 Å². The molecule has 2 unspecified atom stereocenters. The quantitative estimate of drug-likeness (QED) is 0.793. The molecule has 5 rings (SSSR count). The van der Waals surface area contributed by atoms with Gasteiger partial charge in [0.05, 0.1) is 11.8 Å². The first-order valence-electron chi connectivity index (χ1n) is 10.3. The van der Waals surface area contributed by atoms with Gasteiger partial charge in [0.25, 0.3) is 11.8 Å². The SMILES string of the molecule is O=C(NCC1CCCO1)c1ccc(N2C(=O)C3Cc4ccccc4CN3C2=O)cc1. The van der Waals surface area contributed by atoms with Crippen molar-refractivity contribution in [2.75, 3.05) is 18.1 Å². The highest BCUT2D eigenvalue weighted by atomic mass is 16.5. The topological polar surface area (TPSA) is 79.0 Å². The van der Waals surface area contributed by atoms with Crippen molar-refractivity contribution in [1.29, 1.82) is 0 Å². The molecule has 2 atom stereocenters. The van der Waals surface area contributed by atoms with E-state index in [4.69, 9.17) is 4.74 Å². The minimum Gasteiger partial charge on any atom is -0.376 e. The number of nitrogens with one attached hydrogen (secondary N) is 1. The van der Waals surface area contributed by atoms with Gasteiger partial charge < -0.3 is 15.0 Å². The molecule has 154 valence electrons. The average Bonchev–Trinajstić information content (AvgIpc) is 3.38. The van der Waals surface area contributed by atoms with E-state index in [-0.39, 0.29) is 23.9 Å². The van der Waals surface area contributed by atoms with Gasteiger partial charge in [0.15, 0.2) is 0 Å². The van der Waals surface area contributed by atoms with Crippen LogP contribution < -0.4 is 10.2 Å². The summed E-state index contributed by atoms with van der Waals surface area (Å²) in [6.07, 6.45) is 2.59. The molecule has 0 radical (unpaired) electrons. The lowest BCUT2D eigenvalue weighted by molar-refractivity contribution is -0.120. The highest BCUT2D eigenvalue weighted by Gasteiger charge is 2.47. The summed E-state index contributed by atoms with van der Waals surface area (Å²) in [5.74, 6) is -0.408. The summed E-state index contributed by atoms with van der Waals surface area (Å²) < 4.78 is 5.52. The van der Waals surface area contributed by atoms with E-state index in [9.17, 15) is 14.4 Å². The van der Waals surface area contributed by atoms with Crippen molar-refractivity contribution in [2.45, 2.75) is 38.0 Å². The monoisotopic (exact) mass is 405 g/mol. The van der Waals surface area contributed by atoms with E-state index >= 15 is 0 Å². The molecular weight excluding hydrogens is 382 g/mol. The van der Waals surface area contributed by atoms with Crippen LogP contribution in [0.3, 0.4) is 0 Å². The average molecular weight is 405 g/mol. The summed E-state index contributed by atoms with van der Waals surface area (Å²) in [5, 5.41) is 2.88. The maximum absolute atomic E-state index is 13.0. The molecule has 4 amide bonds. The molecule has 0 bridgehead atoms. The van der Waals surface area contributed by atoms with Gasteiger partial charge in [-0.1, -0.05) is 24.3 Å². The summed E-state index contributed by atoms with van der Waals surface area (Å²) in [4.78, 5) is 41.2. The number of fused-ring (bicyclic) bond motifs is 2. The second-order valence-electron chi connectivity index (χ2n) is 7.96. The van der Waals surface area contributed by atoms with E-state index < -0.39 is 6.04 Å². The Bertz CT molecular complexity index is 955. The standard InChI is InChI=1S/C23H23N3O4/c27-21(24-13-19-6-3-11-30-19)15-7-9-18(10-8-15)26-22(28)20-12-16-4-1-2-5-17(16)14-25(20)23(26)29/h1-2,4-5,7-10,19-20H,3,6,11-14H2,(H,24,27). The van der Waals surface area contributed by atoms with E-state index in [2.05, 4.69) is 5.32 Å². The Morgan fingerprint density at radius 2 is 1.83 bits per heavy atom. The van der Waals surface area contributed by atoms with Crippen LogP contribution in [0.25, 0.3) is 0 Å². The molecule has 2 aromatic rings. The number of urea groups is 1. The number of amides is 4. The molecular formula is C23H23N3O4. The Morgan fingerprint density at radius 1 is 1.07 bits per heavy atom. The minimum atomic E-state index is -0.471. The normalized spacial score (nSPS) is 22.8. The number of imide groups is 1. The van der Waals surface area contributed by atoms with E-state index in [0.29, 0.717) is 30.8 Å². The third-order valence-corrected chi connectivity index (χ3v) is 6.09. The fourth-order valence-electron chi connectivity index (χ4n) is 4.43. The molecule has 30 heavy (non-hydrogen) atoms. The number of anilines is 1. The Labute approximate surface area is 174 Å². The van der Waals surface area contributed by atoms with Crippen LogP contribution in [-0.2, 0) is 22.5 Å². The molecule has 0 saturated carbocycles. The zero-order chi connectivity index (χ0) is 20.7. The van der Waals surface area contributed by atoms with Crippen LogP contribution in [0.15, 0.2) is 48.5 Å². The molecule has 2 fully saturated rings. The van der Waals surface area contributed by atoms with Crippen LogP contribution in [0.5, 0.6) is 0 Å². The molecule has 3 aliphatic rings. The molecule has 7 nitrogen and oxygen atoms in total. The van der Waals surface area contributed by atoms with E-state index in [1.807, 2.05) is 24.3 Å². The predicted molar refractivity (Wildman–Crippen MR) is 110 cm³/mol. The van der Waals surface area contributed by atoms with E-state index in [1.54, 1.807) is 29.2 Å². The summed E-state index contributed by atoms with van der Waals surface area (Å²) >= 11 is 0. The summed E-state index contributed by atoms with van der Waals surface area (Å²) in [5.41, 5.74) is 3.16. The summed E-state index contributed by atoms with van der Waals surface area (Å²) in [6, 6.07) is 13.7. The third kappa shape index (κ3) is 3.25. The van der Waals surface area contributed by atoms with Crippen molar-refractivity contribution in [3.63, 3.8) is 0 Å². The van der Waals surface area contributed by atoms with Crippen molar-refractivity contribution in [2.24, 2.45) is 0 Å². The van der Waals surface area contributed by atoms with Crippen molar-refractivity contribution < 1.29 is 19.1 Å². The number of carbonyl (C=O) groups is 3. The van der Waals surface area contributed by atoms with E-state index in [0.717, 1.165) is 30.6 Å². The lowest BCUT2D eigenvalue weighted by Gasteiger charge is -2.28. The number of rotatable bonds is 4. The Balaban J connectivity index is 1.29. The number of carbonyl (C=O) groups excluding carboxylic acids is 3. The lowest BCUT2D eigenvalue weighted by atomic mass is 9.95. The fourth-order valence-corrected chi connectivity index (χ4v) is 4.43. The molecule has 3 heterocycles. The highest BCUT2D eigenvalue weighted by Crippen LogP contribution is 2.32. The number of hydrogen-bond donors (Lipinski definition) is 1. The first-order chi connectivity index (χ1) is 14.6. The van der Waals surface area contributed by atoms with Gasteiger partial charge >= 0.3 is 6.03 Å². The van der Waals surface area contributed by atoms with Crippen molar-refractivity contribution in [3.05, 3.63) is 65.2 Å². The molecule has 2 saturated heterocycles. The van der Waals surface area contributed by atoms with Gasteiger partial charge in [-0.15, -0.1) is 0 Å². The summed E-state index contributed by atoms with van der Waals surface area (Å²) in [6.45, 7) is 1.67. The third-order valence-electron chi connectivity index (χ3n) is 6.09. The number of benzene rings is 2. The second-order valence-corrected chi connectivity index (χ2v) is 7.96. The molecule has 1 N–H and O–H groups in total. The lowest BCUT2D eigenvalue weighted by Crippen LogP contribution is -2.39. The highest BCUT2D eigenvalue weighted by molar-refractivity contribution is 6.21.